The molecule has 156 valence electrons. The van der Waals surface area contributed by atoms with Crippen LogP contribution in [0.3, 0.4) is 0 Å². The summed E-state index contributed by atoms with van der Waals surface area (Å²) in [5.41, 5.74) is 1.41. The van der Waals surface area contributed by atoms with Gasteiger partial charge in [0.05, 0.1) is 19.1 Å². The summed E-state index contributed by atoms with van der Waals surface area (Å²) in [6.07, 6.45) is 4.50. The molecule has 1 saturated heterocycles. The number of hydrogen-bond acceptors (Lipinski definition) is 7. The fourth-order valence-corrected chi connectivity index (χ4v) is 3.70. The number of hydrogen-bond donors (Lipinski definition) is 0. The van der Waals surface area contributed by atoms with Crippen LogP contribution < -0.4 is 9.47 Å². The number of ether oxygens (including phenoxy) is 3. The first kappa shape index (κ1) is 22.5. The van der Waals surface area contributed by atoms with E-state index in [-0.39, 0.29) is 23.8 Å². The van der Waals surface area contributed by atoms with Gasteiger partial charge in [-0.15, -0.1) is 6.58 Å². The molecular weight excluding hydrogens is 394 g/mol. The summed E-state index contributed by atoms with van der Waals surface area (Å²) in [5, 5.41) is -0.271. The highest BCUT2D eigenvalue weighted by atomic mass is 32.2. The van der Waals surface area contributed by atoms with E-state index >= 15 is 0 Å². The summed E-state index contributed by atoms with van der Waals surface area (Å²) in [5.74, 6) is -0.00711. The van der Waals surface area contributed by atoms with Gasteiger partial charge in [-0.05, 0) is 55.3 Å². The van der Waals surface area contributed by atoms with Gasteiger partial charge in [-0.25, -0.2) is 4.79 Å². The van der Waals surface area contributed by atoms with E-state index < -0.39 is 5.97 Å². The normalized spacial score (nSPS) is 16.1. The predicted molar refractivity (Wildman–Crippen MR) is 112 cm³/mol. The van der Waals surface area contributed by atoms with E-state index in [0.717, 1.165) is 17.3 Å². The van der Waals surface area contributed by atoms with Crippen LogP contribution in [0.1, 0.15) is 31.4 Å². The van der Waals surface area contributed by atoms with Crippen LogP contribution in [-0.4, -0.2) is 48.9 Å². The number of benzene rings is 1. The van der Waals surface area contributed by atoms with Gasteiger partial charge >= 0.3 is 5.97 Å². The molecule has 1 heterocycles. The summed E-state index contributed by atoms with van der Waals surface area (Å²) in [4.78, 5) is 38.0. The second-order valence-electron chi connectivity index (χ2n) is 6.38. The lowest BCUT2D eigenvalue weighted by atomic mass is 10.0. The largest absolute Gasteiger partial charge is 0.493 e. The Kier molecular flexibility index (Phi) is 7.90. The molecule has 1 fully saturated rings. The van der Waals surface area contributed by atoms with Crippen molar-refractivity contribution < 1.29 is 28.6 Å². The van der Waals surface area contributed by atoms with Crippen molar-refractivity contribution in [2.75, 3.05) is 20.8 Å². The quantitative estimate of drug-likeness (QED) is 0.342. The van der Waals surface area contributed by atoms with Crippen molar-refractivity contribution in [2.24, 2.45) is 0 Å². The van der Waals surface area contributed by atoms with Crippen molar-refractivity contribution in [3.8, 4) is 11.5 Å². The molecule has 0 saturated carbocycles. The Bertz CT molecular complexity index is 848. The number of imide groups is 1. The topological polar surface area (TPSA) is 82.1 Å². The molecule has 2 amide bonds. The minimum absolute atomic E-state index is 0.159. The highest BCUT2D eigenvalue weighted by Crippen LogP contribution is 2.37. The van der Waals surface area contributed by atoms with Crippen LogP contribution in [0, 0.1) is 0 Å². The van der Waals surface area contributed by atoms with Crippen molar-refractivity contribution in [1.29, 1.82) is 0 Å². The van der Waals surface area contributed by atoms with Gasteiger partial charge in [0.15, 0.2) is 18.1 Å². The zero-order valence-corrected chi connectivity index (χ0v) is 17.8. The lowest BCUT2D eigenvalue weighted by Gasteiger charge is -2.19. The average molecular weight is 419 g/mol. The Balaban J connectivity index is 2.41. The molecule has 0 aliphatic carbocycles. The van der Waals surface area contributed by atoms with Gasteiger partial charge in [0.1, 0.15) is 0 Å². The highest BCUT2D eigenvalue weighted by Gasteiger charge is 2.37. The van der Waals surface area contributed by atoms with Crippen LogP contribution in [0.5, 0.6) is 11.5 Å². The molecule has 1 unspecified atom stereocenters. The fourth-order valence-electron chi connectivity index (χ4n) is 2.77. The summed E-state index contributed by atoms with van der Waals surface area (Å²) in [6, 6.07) is 3.35. The van der Waals surface area contributed by atoms with Crippen LogP contribution >= 0.6 is 11.8 Å². The van der Waals surface area contributed by atoms with Gasteiger partial charge in [0.25, 0.3) is 11.1 Å². The maximum Gasteiger partial charge on any atom is 0.343 e. The molecule has 1 aromatic carbocycles. The number of methoxy groups -OCH3 is 2. The molecule has 29 heavy (non-hydrogen) atoms. The third-order valence-corrected chi connectivity index (χ3v) is 5.34. The number of thioether (sulfide) groups is 1. The monoisotopic (exact) mass is 419 g/mol. The summed E-state index contributed by atoms with van der Waals surface area (Å²) < 4.78 is 15.6. The second kappa shape index (κ2) is 10.2. The Morgan fingerprint density at radius 1 is 1.31 bits per heavy atom. The van der Waals surface area contributed by atoms with Gasteiger partial charge in [0, 0.05) is 11.6 Å². The molecule has 0 N–H and O–H groups in total. The van der Waals surface area contributed by atoms with Crippen LogP contribution in [0.15, 0.2) is 29.7 Å². The average Bonchev–Trinajstić information content (AvgIpc) is 2.99. The van der Waals surface area contributed by atoms with E-state index in [1.807, 2.05) is 19.9 Å². The zero-order valence-electron chi connectivity index (χ0n) is 17.0. The number of nitrogens with zero attached hydrogens (tertiary/aromatic N) is 1. The smallest absolute Gasteiger partial charge is 0.343 e. The third-order valence-electron chi connectivity index (χ3n) is 4.45. The molecular formula is C21H25NO6S. The van der Waals surface area contributed by atoms with Crippen molar-refractivity contribution in [2.45, 2.75) is 32.7 Å². The minimum Gasteiger partial charge on any atom is -0.493 e. The first-order valence-electron chi connectivity index (χ1n) is 9.14. The van der Waals surface area contributed by atoms with E-state index in [1.54, 1.807) is 18.2 Å². The lowest BCUT2D eigenvalue weighted by molar-refractivity contribution is -0.143. The molecule has 8 heteroatoms. The molecule has 0 aromatic heterocycles. The maximum atomic E-state index is 12.7. The van der Waals surface area contributed by atoms with Gasteiger partial charge < -0.3 is 14.2 Å². The van der Waals surface area contributed by atoms with Gasteiger partial charge in [-0.3, -0.25) is 14.5 Å². The first-order valence-corrected chi connectivity index (χ1v) is 9.96. The van der Waals surface area contributed by atoms with E-state index in [0.29, 0.717) is 34.8 Å². The first-order chi connectivity index (χ1) is 13.9. The third kappa shape index (κ3) is 5.20. The standard InChI is InChI=1S/C21H25NO6S/c1-6-8-15-9-14(10-16(26-4)19(15)28-12-18(23)27-5)11-17-20(24)22(13(3)7-2)21(25)29-17/h6,9-11,13H,1,7-8,12H2,2-5H3/b17-11+. The number of allylic oxidation sites excluding steroid dienone is 1. The molecule has 7 nitrogen and oxygen atoms in total. The van der Waals surface area contributed by atoms with Crippen molar-refractivity contribution in [3.63, 3.8) is 0 Å². The van der Waals surface area contributed by atoms with Crippen LogP contribution in [-0.2, 0) is 20.7 Å². The molecule has 0 spiro atoms. The summed E-state index contributed by atoms with van der Waals surface area (Å²) in [7, 11) is 2.77. The molecule has 2 rings (SSSR count). The number of esters is 1. The Morgan fingerprint density at radius 3 is 2.62 bits per heavy atom. The summed E-state index contributed by atoms with van der Waals surface area (Å²) in [6.45, 7) is 7.26. The molecule has 1 aliphatic rings. The van der Waals surface area contributed by atoms with Crippen molar-refractivity contribution in [3.05, 3.63) is 40.8 Å². The highest BCUT2D eigenvalue weighted by molar-refractivity contribution is 8.18. The van der Waals surface area contributed by atoms with Crippen molar-refractivity contribution in [1.82, 2.24) is 4.90 Å². The molecule has 0 bridgehead atoms. The number of amides is 2. The van der Waals surface area contributed by atoms with Gasteiger partial charge in [-0.2, -0.15) is 0 Å². The molecule has 1 aromatic rings. The van der Waals surface area contributed by atoms with Crippen LogP contribution in [0.25, 0.3) is 6.08 Å². The van der Waals surface area contributed by atoms with E-state index in [9.17, 15) is 14.4 Å². The zero-order chi connectivity index (χ0) is 21.6. The Labute approximate surface area is 174 Å². The molecule has 0 radical (unpaired) electrons. The Morgan fingerprint density at radius 2 is 2.03 bits per heavy atom. The van der Waals surface area contributed by atoms with Gasteiger partial charge in [-0.1, -0.05) is 13.0 Å². The summed E-state index contributed by atoms with van der Waals surface area (Å²) >= 11 is 0.919. The molecule has 1 atom stereocenters. The van der Waals surface area contributed by atoms with E-state index in [1.165, 1.54) is 19.1 Å². The molecule has 1 aliphatic heterocycles. The SMILES string of the molecule is C=CCc1cc(/C=C2/SC(=O)N(C(C)CC)C2=O)cc(OC)c1OCC(=O)OC. The predicted octanol–water partition coefficient (Wildman–Crippen LogP) is 3.81. The minimum atomic E-state index is -0.514. The van der Waals surface area contributed by atoms with Crippen LogP contribution in [0.4, 0.5) is 4.79 Å². The van der Waals surface area contributed by atoms with Crippen LogP contribution in [0.2, 0.25) is 0 Å². The maximum absolute atomic E-state index is 12.7. The number of rotatable bonds is 9. The fraction of sp³-hybridized carbons (Fsp3) is 0.381. The number of carbonyl (C=O) groups is 3. The number of carbonyl (C=O) groups excluding carboxylic acids is 3. The van der Waals surface area contributed by atoms with Gasteiger partial charge in [0.2, 0.25) is 0 Å². The lowest BCUT2D eigenvalue weighted by Crippen LogP contribution is -2.36. The second-order valence-corrected chi connectivity index (χ2v) is 7.37. The van der Waals surface area contributed by atoms with Crippen molar-refractivity contribution >= 4 is 35.0 Å². The Hall–Kier alpha value is -2.74. The van der Waals surface area contributed by atoms with E-state index in [2.05, 4.69) is 11.3 Å². The van der Waals surface area contributed by atoms with E-state index in [4.69, 9.17) is 9.47 Å².